The van der Waals surface area contributed by atoms with Crippen LogP contribution in [0.1, 0.15) is 73.4 Å². The summed E-state index contributed by atoms with van der Waals surface area (Å²) in [5.41, 5.74) is 4.90. The van der Waals surface area contributed by atoms with Gasteiger partial charge in [0, 0.05) is 34.3 Å². The van der Waals surface area contributed by atoms with Crippen LogP contribution in [0.25, 0.3) is 10.9 Å². The second kappa shape index (κ2) is 10.7. The van der Waals surface area contributed by atoms with E-state index in [1.807, 2.05) is 30.5 Å². The van der Waals surface area contributed by atoms with E-state index in [-0.39, 0.29) is 17.6 Å². The van der Waals surface area contributed by atoms with Gasteiger partial charge in [-0.15, -0.1) is 0 Å². The number of hydrogen-bond acceptors (Lipinski definition) is 4. The maximum Gasteiger partial charge on any atom is 0.411 e. The molecule has 1 aliphatic carbocycles. The number of aromatic carboxylic acids is 1. The molecule has 3 N–H and O–H groups in total. The van der Waals surface area contributed by atoms with Crippen LogP contribution < -0.4 is 10.1 Å². The van der Waals surface area contributed by atoms with Crippen LogP contribution in [-0.2, 0) is 4.74 Å². The molecule has 1 atom stereocenters. The predicted octanol–water partition coefficient (Wildman–Crippen LogP) is 6.85. The summed E-state index contributed by atoms with van der Waals surface area (Å²) in [6.07, 6.45) is 8.44. The minimum absolute atomic E-state index is 0.00348. The van der Waals surface area contributed by atoms with Gasteiger partial charge in [-0.3, -0.25) is 5.32 Å². The topological polar surface area (TPSA) is 101 Å². The summed E-state index contributed by atoms with van der Waals surface area (Å²) in [6.45, 7) is 4.10. The lowest BCUT2D eigenvalue weighted by Gasteiger charge is -2.20. The number of nitrogens with one attached hydrogen (secondary N) is 2. The number of ether oxygens (including phenoxy) is 2. The summed E-state index contributed by atoms with van der Waals surface area (Å²) >= 11 is 0. The molecule has 1 aliphatic rings. The van der Waals surface area contributed by atoms with E-state index in [9.17, 15) is 14.7 Å². The lowest BCUT2D eigenvalue weighted by Crippen LogP contribution is -2.20. The first kappa shape index (κ1) is 24.4. The number of H-pyrrole nitrogens is 1. The van der Waals surface area contributed by atoms with Gasteiger partial charge in [0.25, 0.3) is 0 Å². The molecule has 0 saturated heterocycles. The van der Waals surface area contributed by atoms with Crippen molar-refractivity contribution in [3.8, 4) is 5.75 Å². The highest BCUT2D eigenvalue weighted by atomic mass is 16.6. The van der Waals surface area contributed by atoms with Gasteiger partial charge in [0.15, 0.2) is 0 Å². The van der Waals surface area contributed by atoms with E-state index in [0.717, 1.165) is 47.7 Å². The molecule has 1 heterocycles. The molecule has 7 heteroatoms. The Bertz CT molecular complexity index is 1250. The van der Waals surface area contributed by atoms with Gasteiger partial charge in [-0.05, 0) is 81.8 Å². The zero-order valence-electron chi connectivity index (χ0n) is 20.4. The van der Waals surface area contributed by atoms with Gasteiger partial charge < -0.3 is 19.6 Å². The fourth-order valence-electron chi connectivity index (χ4n) is 4.72. The lowest BCUT2D eigenvalue weighted by molar-refractivity contribution is 0.0696. The Balaban J connectivity index is 1.70. The second-order valence-corrected chi connectivity index (χ2v) is 9.27. The normalized spacial score (nSPS) is 14.5. The Kier molecular flexibility index (Phi) is 7.44. The quantitative estimate of drug-likeness (QED) is 0.309. The number of carboxylic acids is 1. The Hall–Kier alpha value is -3.74. The van der Waals surface area contributed by atoms with Crippen LogP contribution in [0.15, 0.2) is 54.2 Å². The number of aromatic nitrogens is 1. The van der Waals surface area contributed by atoms with Crippen molar-refractivity contribution in [1.29, 1.82) is 0 Å². The van der Waals surface area contributed by atoms with Crippen LogP contribution in [-0.4, -0.2) is 35.4 Å². The molecular formula is C28H32N2O5. The molecule has 4 rings (SSSR count). The minimum Gasteiger partial charge on any atom is -0.496 e. The van der Waals surface area contributed by atoms with Crippen LogP contribution in [0.5, 0.6) is 5.75 Å². The first-order valence-corrected chi connectivity index (χ1v) is 12.0. The molecule has 1 unspecified atom stereocenters. The van der Waals surface area contributed by atoms with Gasteiger partial charge in [-0.1, -0.05) is 17.7 Å². The second-order valence-electron chi connectivity index (χ2n) is 9.27. The van der Waals surface area contributed by atoms with Gasteiger partial charge in [0.1, 0.15) is 11.9 Å². The lowest BCUT2D eigenvalue weighted by atomic mass is 9.86. The van der Waals surface area contributed by atoms with Crippen molar-refractivity contribution < 1.29 is 24.2 Å². The van der Waals surface area contributed by atoms with Crippen molar-refractivity contribution in [3.63, 3.8) is 0 Å². The average Bonchev–Trinajstić information content (AvgIpc) is 3.49. The number of benzene rings is 2. The number of allylic oxidation sites excluding steroid dienone is 2. The highest BCUT2D eigenvalue weighted by Crippen LogP contribution is 2.39. The van der Waals surface area contributed by atoms with Crippen LogP contribution in [0.3, 0.4) is 0 Å². The number of aromatic amines is 1. The predicted molar refractivity (Wildman–Crippen MR) is 137 cm³/mol. The summed E-state index contributed by atoms with van der Waals surface area (Å²) in [6, 6.07) is 10.7. The molecule has 0 radical (unpaired) electrons. The zero-order chi connectivity index (χ0) is 24.9. The molecule has 0 aliphatic heterocycles. The van der Waals surface area contributed by atoms with Crippen LogP contribution in [0.2, 0.25) is 0 Å². The van der Waals surface area contributed by atoms with Crippen LogP contribution >= 0.6 is 0 Å². The van der Waals surface area contributed by atoms with Crippen molar-refractivity contribution in [2.24, 2.45) is 0 Å². The van der Waals surface area contributed by atoms with E-state index in [4.69, 9.17) is 9.47 Å². The number of hydrogen-bond donors (Lipinski definition) is 3. The SMILES string of the molecule is COc1cc(C(=O)O)ccc1C(CC=C(C)C)c1c[nH]c2ccc(NC(=O)OC3CCCC3)cc12. The zero-order valence-corrected chi connectivity index (χ0v) is 20.4. The summed E-state index contributed by atoms with van der Waals surface area (Å²) in [7, 11) is 1.55. The maximum absolute atomic E-state index is 12.4. The van der Waals surface area contributed by atoms with Crippen molar-refractivity contribution in [1.82, 2.24) is 4.98 Å². The fraction of sp³-hybridized carbons (Fsp3) is 0.357. The number of carbonyl (C=O) groups is 2. The highest BCUT2D eigenvalue weighted by Gasteiger charge is 2.23. The number of carbonyl (C=O) groups excluding carboxylic acids is 1. The number of fused-ring (bicyclic) bond motifs is 1. The van der Waals surface area contributed by atoms with E-state index in [1.54, 1.807) is 19.2 Å². The summed E-state index contributed by atoms with van der Waals surface area (Å²) in [5.74, 6) is -0.555. The van der Waals surface area contributed by atoms with Gasteiger partial charge in [-0.2, -0.15) is 0 Å². The standard InChI is InChI=1S/C28H32N2O5/c1-17(2)8-11-21(22-12-9-18(27(31)32)14-26(22)34-3)24-16-29-25-13-10-19(15-23(24)25)30-28(33)35-20-6-4-5-7-20/h8-10,12-16,20-21,29H,4-7,11H2,1-3H3,(H,30,33)(H,31,32). The summed E-state index contributed by atoms with van der Waals surface area (Å²) < 4.78 is 11.2. The van der Waals surface area contributed by atoms with Crippen LogP contribution in [0.4, 0.5) is 10.5 Å². The van der Waals surface area contributed by atoms with E-state index in [1.165, 1.54) is 5.57 Å². The number of anilines is 1. The smallest absolute Gasteiger partial charge is 0.411 e. The van der Waals surface area contributed by atoms with E-state index >= 15 is 0 Å². The average molecular weight is 477 g/mol. The van der Waals surface area contributed by atoms with Gasteiger partial charge >= 0.3 is 12.1 Å². The number of methoxy groups -OCH3 is 1. The van der Waals surface area contributed by atoms with Crippen molar-refractivity contribution in [2.75, 3.05) is 12.4 Å². The van der Waals surface area contributed by atoms with E-state index in [2.05, 4.69) is 30.2 Å². The third kappa shape index (κ3) is 5.67. The number of amides is 1. The molecule has 2 aromatic carbocycles. The van der Waals surface area contributed by atoms with Gasteiger partial charge in [-0.25, -0.2) is 9.59 Å². The molecular weight excluding hydrogens is 444 g/mol. The van der Waals surface area contributed by atoms with Crippen LogP contribution in [0, 0.1) is 0 Å². The molecule has 7 nitrogen and oxygen atoms in total. The third-order valence-electron chi connectivity index (χ3n) is 6.53. The molecule has 1 aromatic heterocycles. The number of rotatable bonds is 8. The highest BCUT2D eigenvalue weighted by molar-refractivity contribution is 5.92. The molecule has 1 amide bonds. The summed E-state index contributed by atoms with van der Waals surface area (Å²) in [4.78, 5) is 27.2. The minimum atomic E-state index is -0.997. The number of carboxylic acid groups (broad SMARTS) is 1. The summed E-state index contributed by atoms with van der Waals surface area (Å²) in [5, 5.41) is 13.3. The van der Waals surface area contributed by atoms with Gasteiger partial charge in [0.2, 0.25) is 0 Å². The van der Waals surface area contributed by atoms with Crippen molar-refractivity contribution in [3.05, 3.63) is 70.9 Å². The van der Waals surface area contributed by atoms with Crippen molar-refractivity contribution in [2.45, 2.75) is 58.0 Å². The molecule has 1 fully saturated rings. The Labute approximate surface area is 205 Å². The third-order valence-corrected chi connectivity index (χ3v) is 6.53. The van der Waals surface area contributed by atoms with E-state index in [0.29, 0.717) is 17.9 Å². The maximum atomic E-state index is 12.4. The molecule has 1 saturated carbocycles. The van der Waals surface area contributed by atoms with E-state index < -0.39 is 12.1 Å². The molecule has 184 valence electrons. The molecule has 35 heavy (non-hydrogen) atoms. The molecule has 0 spiro atoms. The monoisotopic (exact) mass is 476 g/mol. The largest absolute Gasteiger partial charge is 0.496 e. The molecule has 3 aromatic rings. The first-order chi connectivity index (χ1) is 16.9. The molecule has 0 bridgehead atoms. The Morgan fingerprint density at radius 1 is 1.14 bits per heavy atom. The Morgan fingerprint density at radius 2 is 1.91 bits per heavy atom. The Morgan fingerprint density at radius 3 is 2.60 bits per heavy atom. The van der Waals surface area contributed by atoms with Crippen molar-refractivity contribution >= 4 is 28.7 Å². The first-order valence-electron chi connectivity index (χ1n) is 12.0. The fourth-order valence-corrected chi connectivity index (χ4v) is 4.72. The van der Waals surface area contributed by atoms with Gasteiger partial charge in [0.05, 0.1) is 12.7 Å².